The van der Waals surface area contributed by atoms with Crippen LogP contribution in [-0.4, -0.2) is 22.5 Å². The number of furan rings is 1. The number of carbonyl (C=O) groups is 2. The van der Waals surface area contributed by atoms with Gasteiger partial charge in [0.2, 0.25) is 5.91 Å². The van der Waals surface area contributed by atoms with Gasteiger partial charge in [0.05, 0.1) is 24.6 Å². The molecule has 1 amide bonds. The van der Waals surface area contributed by atoms with Crippen molar-refractivity contribution in [2.45, 2.75) is 57.9 Å². The topological polar surface area (TPSA) is 79.5 Å². The molecule has 0 aliphatic heterocycles. The lowest BCUT2D eigenvalue weighted by Gasteiger charge is -2.28. The minimum absolute atomic E-state index is 0.0107. The number of hydrogen-bond acceptors (Lipinski definition) is 3. The molecule has 128 valence electrons. The fourth-order valence-corrected chi connectivity index (χ4v) is 3.73. The van der Waals surface area contributed by atoms with Gasteiger partial charge in [-0.2, -0.15) is 0 Å². The molecule has 1 saturated carbocycles. The van der Waals surface area contributed by atoms with Crippen LogP contribution in [0, 0.1) is 13.8 Å². The van der Waals surface area contributed by atoms with Gasteiger partial charge in [0, 0.05) is 10.9 Å². The SMILES string of the molecule is Cc1ccc2c(CC(=O)NC3(CC(=O)O)CCCC3)coc2c1C. The van der Waals surface area contributed by atoms with E-state index in [1.807, 2.05) is 26.0 Å². The first-order valence-corrected chi connectivity index (χ1v) is 8.39. The number of nitrogens with one attached hydrogen (secondary N) is 1. The van der Waals surface area contributed by atoms with E-state index in [4.69, 9.17) is 9.52 Å². The molecule has 3 rings (SSSR count). The predicted molar refractivity (Wildman–Crippen MR) is 91.0 cm³/mol. The smallest absolute Gasteiger partial charge is 0.305 e. The first-order chi connectivity index (χ1) is 11.4. The van der Waals surface area contributed by atoms with Gasteiger partial charge in [-0.1, -0.05) is 25.0 Å². The highest BCUT2D eigenvalue weighted by Gasteiger charge is 2.37. The van der Waals surface area contributed by atoms with Gasteiger partial charge in [-0.3, -0.25) is 9.59 Å². The first-order valence-electron chi connectivity index (χ1n) is 8.39. The Bertz CT molecular complexity index is 784. The number of rotatable bonds is 5. The maximum absolute atomic E-state index is 12.5. The summed E-state index contributed by atoms with van der Waals surface area (Å²) in [4.78, 5) is 23.6. The van der Waals surface area contributed by atoms with E-state index in [2.05, 4.69) is 5.32 Å². The van der Waals surface area contributed by atoms with Crippen LogP contribution in [0.2, 0.25) is 0 Å². The van der Waals surface area contributed by atoms with Gasteiger partial charge in [-0.25, -0.2) is 0 Å². The van der Waals surface area contributed by atoms with Gasteiger partial charge >= 0.3 is 5.97 Å². The Morgan fingerprint density at radius 3 is 2.62 bits per heavy atom. The number of aliphatic carboxylic acids is 1. The standard InChI is InChI=1S/C19H23NO4/c1-12-5-6-15-14(11-24-18(15)13(12)2)9-16(21)20-19(10-17(22)23)7-3-4-8-19/h5-6,11H,3-4,7-10H2,1-2H3,(H,20,21)(H,22,23). The normalized spacial score (nSPS) is 16.4. The summed E-state index contributed by atoms with van der Waals surface area (Å²) in [5.41, 5.74) is 3.30. The van der Waals surface area contributed by atoms with E-state index in [0.717, 1.165) is 53.3 Å². The molecule has 1 aromatic heterocycles. The summed E-state index contributed by atoms with van der Waals surface area (Å²) in [6.45, 7) is 4.03. The molecule has 0 saturated heterocycles. The van der Waals surface area contributed by atoms with Crippen molar-refractivity contribution in [3.05, 3.63) is 35.1 Å². The highest BCUT2D eigenvalue weighted by atomic mass is 16.4. The molecule has 5 nitrogen and oxygen atoms in total. The Morgan fingerprint density at radius 1 is 1.25 bits per heavy atom. The third-order valence-electron chi connectivity index (χ3n) is 5.15. The quantitative estimate of drug-likeness (QED) is 0.880. The molecule has 2 aromatic rings. The first kappa shape index (κ1) is 16.6. The van der Waals surface area contributed by atoms with Gasteiger partial charge < -0.3 is 14.8 Å². The third-order valence-corrected chi connectivity index (χ3v) is 5.15. The molecule has 1 aliphatic rings. The second kappa shape index (κ2) is 6.30. The van der Waals surface area contributed by atoms with E-state index < -0.39 is 11.5 Å². The van der Waals surface area contributed by atoms with E-state index in [1.54, 1.807) is 6.26 Å². The zero-order valence-corrected chi connectivity index (χ0v) is 14.1. The van der Waals surface area contributed by atoms with Crippen LogP contribution in [0.15, 0.2) is 22.8 Å². The predicted octanol–water partition coefficient (Wildman–Crippen LogP) is 3.50. The monoisotopic (exact) mass is 329 g/mol. The van der Waals surface area contributed by atoms with Crippen molar-refractivity contribution in [2.24, 2.45) is 0 Å². The maximum Gasteiger partial charge on any atom is 0.305 e. The van der Waals surface area contributed by atoms with Crippen molar-refractivity contribution in [1.29, 1.82) is 0 Å². The number of carboxylic acids is 1. The number of carbonyl (C=O) groups excluding carboxylic acids is 1. The molecule has 5 heteroatoms. The molecule has 0 spiro atoms. The molecule has 0 bridgehead atoms. The molecule has 1 aromatic carbocycles. The summed E-state index contributed by atoms with van der Waals surface area (Å²) in [5.74, 6) is -1.00. The van der Waals surface area contributed by atoms with Gasteiger partial charge in [0.1, 0.15) is 5.58 Å². The number of fused-ring (bicyclic) bond motifs is 1. The van der Waals surface area contributed by atoms with Gasteiger partial charge in [0.25, 0.3) is 0 Å². The van der Waals surface area contributed by atoms with Crippen LogP contribution in [0.3, 0.4) is 0 Å². The van der Waals surface area contributed by atoms with Gasteiger partial charge in [-0.05, 0) is 37.8 Å². The molecule has 1 heterocycles. The number of amides is 1. The van der Waals surface area contributed by atoms with Crippen LogP contribution in [0.4, 0.5) is 0 Å². The van der Waals surface area contributed by atoms with Crippen molar-refractivity contribution in [1.82, 2.24) is 5.32 Å². The van der Waals surface area contributed by atoms with Gasteiger partial charge in [-0.15, -0.1) is 0 Å². The summed E-state index contributed by atoms with van der Waals surface area (Å²) in [5, 5.41) is 13.1. The van der Waals surface area contributed by atoms with Gasteiger partial charge in [0.15, 0.2) is 0 Å². The zero-order valence-electron chi connectivity index (χ0n) is 14.1. The molecule has 2 N–H and O–H groups in total. The Labute approximate surface area is 141 Å². The van der Waals surface area contributed by atoms with E-state index in [9.17, 15) is 9.59 Å². The van der Waals surface area contributed by atoms with E-state index >= 15 is 0 Å². The molecule has 24 heavy (non-hydrogen) atoms. The minimum atomic E-state index is -0.864. The van der Waals surface area contributed by atoms with Crippen LogP contribution in [0.5, 0.6) is 0 Å². The molecule has 0 atom stereocenters. The lowest BCUT2D eigenvalue weighted by molar-refractivity contribution is -0.139. The summed E-state index contributed by atoms with van der Waals surface area (Å²) in [6.07, 6.45) is 5.21. The van der Waals surface area contributed by atoms with Crippen molar-refractivity contribution in [2.75, 3.05) is 0 Å². The molecule has 1 fully saturated rings. The number of benzene rings is 1. The summed E-state index contributed by atoms with van der Waals surface area (Å²) in [6, 6.07) is 4.00. The minimum Gasteiger partial charge on any atom is -0.481 e. The summed E-state index contributed by atoms with van der Waals surface area (Å²) < 4.78 is 5.65. The Kier molecular flexibility index (Phi) is 4.35. The highest BCUT2D eigenvalue weighted by molar-refractivity contribution is 5.90. The van der Waals surface area contributed by atoms with E-state index in [1.165, 1.54) is 0 Å². The van der Waals surface area contributed by atoms with E-state index in [-0.39, 0.29) is 18.7 Å². The average molecular weight is 329 g/mol. The molecule has 0 radical (unpaired) electrons. The zero-order chi connectivity index (χ0) is 17.3. The number of hydrogen-bond donors (Lipinski definition) is 2. The Hall–Kier alpha value is -2.30. The van der Waals surface area contributed by atoms with Crippen molar-refractivity contribution < 1.29 is 19.1 Å². The van der Waals surface area contributed by atoms with Crippen LogP contribution >= 0.6 is 0 Å². The number of aryl methyl sites for hydroxylation is 2. The molecular weight excluding hydrogens is 306 g/mol. The third kappa shape index (κ3) is 3.16. The average Bonchev–Trinajstić information content (AvgIpc) is 3.10. The lowest BCUT2D eigenvalue weighted by atomic mass is 9.92. The number of carboxylic acid groups (broad SMARTS) is 1. The lowest BCUT2D eigenvalue weighted by Crippen LogP contribution is -2.48. The second-order valence-corrected chi connectivity index (χ2v) is 6.93. The van der Waals surface area contributed by atoms with Crippen LogP contribution < -0.4 is 5.32 Å². The van der Waals surface area contributed by atoms with Crippen molar-refractivity contribution in [3.8, 4) is 0 Å². The van der Waals surface area contributed by atoms with E-state index in [0.29, 0.717) is 0 Å². The largest absolute Gasteiger partial charge is 0.481 e. The molecule has 1 aliphatic carbocycles. The second-order valence-electron chi connectivity index (χ2n) is 6.93. The van der Waals surface area contributed by atoms with Crippen molar-refractivity contribution >= 4 is 22.8 Å². The Balaban J connectivity index is 1.77. The Morgan fingerprint density at radius 2 is 1.96 bits per heavy atom. The van der Waals surface area contributed by atoms with Crippen LogP contribution in [0.1, 0.15) is 48.8 Å². The highest BCUT2D eigenvalue weighted by Crippen LogP contribution is 2.33. The molecule has 0 unspecified atom stereocenters. The van der Waals surface area contributed by atoms with Crippen molar-refractivity contribution in [3.63, 3.8) is 0 Å². The maximum atomic E-state index is 12.5. The molecular formula is C19H23NO4. The van der Waals surface area contributed by atoms with Crippen LogP contribution in [-0.2, 0) is 16.0 Å². The van der Waals surface area contributed by atoms with Crippen LogP contribution in [0.25, 0.3) is 11.0 Å². The fraction of sp³-hybridized carbons (Fsp3) is 0.474. The fourth-order valence-electron chi connectivity index (χ4n) is 3.73. The summed E-state index contributed by atoms with van der Waals surface area (Å²) in [7, 11) is 0. The summed E-state index contributed by atoms with van der Waals surface area (Å²) >= 11 is 0.